The Hall–Kier alpha value is -0.820. The summed E-state index contributed by atoms with van der Waals surface area (Å²) in [5, 5.41) is 2.66. The van der Waals surface area contributed by atoms with Crippen LogP contribution in [0.2, 0.25) is 0 Å². The quantitative estimate of drug-likeness (QED) is 0.643. The zero-order valence-electron chi connectivity index (χ0n) is 8.69. The lowest BCUT2D eigenvalue weighted by Crippen LogP contribution is -1.88. The second-order valence-corrected chi connectivity index (χ2v) is 4.63. The summed E-state index contributed by atoms with van der Waals surface area (Å²) in [5.41, 5.74) is 4.15. The first-order chi connectivity index (χ1) is 6.61. The third-order valence-electron chi connectivity index (χ3n) is 2.97. The topological polar surface area (TPSA) is 0 Å². The molecule has 0 unspecified atom stereocenters. The van der Waals surface area contributed by atoms with E-state index >= 15 is 0 Å². The van der Waals surface area contributed by atoms with Gasteiger partial charge in [0.25, 0.3) is 0 Å². The van der Waals surface area contributed by atoms with Crippen molar-refractivity contribution in [2.45, 2.75) is 20.8 Å². The van der Waals surface area contributed by atoms with E-state index in [1.165, 1.54) is 31.9 Å². The van der Waals surface area contributed by atoms with Crippen LogP contribution in [0, 0.1) is 20.8 Å². The molecule has 0 amide bonds. The fraction of sp³-hybridized carbons (Fsp3) is 0.231. The average Bonchev–Trinajstić information content (AvgIpc) is 2.17. The molecule has 0 bridgehead atoms. The van der Waals surface area contributed by atoms with E-state index in [0.29, 0.717) is 0 Å². The Bertz CT molecular complexity index is 498. The SMILES string of the molecule is Cc1cc2c(Br)cccc2c(C)c1C. The van der Waals surface area contributed by atoms with Gasteiger partial charge in [-0.1, -0.05) is 34.1 Å². The van der Waals surface area contributed by atoms with Gasteiger partial charge in [0.1, 0.15) is 0 Å². The van der Waals surface area contributed by atoms with Gasteiger partial charge in [-0.05, 0) is 54.3 Å². The predicted octanol–water partition coefficient (Wildman–Crippen LogP) is 4.53. The van der Waals surface area contributed by atoms with E-state index in [4.69, 9.17) is 0 Å². The summed E-state index contributed by atoms with van der Waals surface area (Å²) < 4.78 is 1.18. The van der Waals surface area contributed by atoms with Gasteiger partial charge >= 0.3 is 0 Å². The Balaban J connectivity index is 2.98. The minimum atomic E-state index is 1.18. The molecule has 2 rings (SSSR count). The molecule has 0 N–H and O–H groups in total. The van der Waals surface area contributed by atoms with Crippen LogP contribution >= 0.6 is 15.9 Å². The molecule has 0 aromatic heterocycles. The maximum Gasteiger partial charge on any atom is 0.0253 e. The van der Waals surface area contributed by atoms with Crippen molar-refractivity contribution in [2.24, 2.45) is 0 Å². The average molecular weight is 249 g/mol. The molecular formula is C13H13Br. The van der Waals surface area contributed by atoms with Crippen molar-refractivity contribution in [3.63, 3.8) is 0 Å². The van der Waals surface area contributed by atoms with Crippen LogP contribution in [0.1, 0.15) is 16.7 Å². The van der Waals surface area contributed by atoms with Crippen molar-refractivity contribution < 1.29 is 0 Å². The highest BCUT2D eigenvalue weighted by Crippen LogP contribution is 2.29. The van der Waals surface area contributed by atoms with E-state index in [2.05, 4.69) is 61.0 Å². The number of benzene rings is 2. The molecule has 1 heteroatoms. The molecule has 0 atom stereocenters. The first-order valence-electron chi connectivity index (χ1n) is 4.76. The van der Waals surface area contributed by atoms with Gasteiger partial charge in [-0.15, -0.1) is 0 Å². The van der Waals surface area contributed by atoms with Gasteiger partial charge in [0, 0.05) is 4.47 Å². The molecule has 2 aromatic rings. The highest BCUT2D eigenvalue weighted by atomic mass is 79.9. The van der Waals surface area contributed by atoms with E-state index < -0.39 is 0 Å². The van der Waals surface area contributed by atoms with Crippen molar-refractivity contribution in [3.05, 3.63) is 45.4 Å². The van der Waals surface area contributed by atoms with Gasteiger partial charge in [0.2, 0.25) is 0 Å². The van der Waals surface area contributed by atoms with Crippen LogP contribution in [-0.2, 0) is 0 Å². The Morgan fingerprint density at radius 2 is 1.64 bits per heavy atom. The Labute approximate surface area is 93.1 Å². The fourth-order valence-electron chi connectivity index (χ4n) is 1.83. The largest absolute Gasteiger partial charge is 0.0605 e. The maximum atomic E-state index is 3.59. The lowest BCUT2D eigenvalue weighted by molar-refractivity contribution is 1.30. The molecule has 0 nitrogen and oxygen atoms in total. The number of rotatable bonds is 0. The van der Waals surface area contributed by atoms with Crippen LogP contribution in [0.3, 0.4) is 0 Å². The van der Waals surface area contributed by atoms with Gasteiger partial charge in [-0.25, -0.2) is 0 Å². The first-order valence-corrected chi connectivity index (χ1v) is 5.55. The van der Waals surface area contributed by atoms with Crippen molar-refractivity contribution in [1.82, 2.24) is 0 Å². The number of hydrogen-bond donors (Lipinski definition) is 0. The molecule has 0 spiro atoms. The van der Waals surface area contributed by atoms with Crippen molar-refractivity contribution >= 4 is 26.7 Å². The van der Waals surface area contributed by atoms with Crippen LogP contribution in [0.25, 0.3) is 10.8 Å². The van der Waals surface area contributed by atoms with E-state index in [1.807, 2.05) is 0 Å². The molecule has 0 aliphatic heterocycles. The van der Waals surface area contributed by atoms with Gasteiger partial charge in [0.15, 0.2) is 0 Å². The third kappa shape index (κ3) is 1.36. The maximum absolute atomic E-state index is 3.59. The number of aryl methyl sites for hydroxylation is 2. The van der Waals surface area contributed by atoms with Crippen LogP contribution in [-0.4, -0.2) is 0 Å². The molecule has 0 aliphatic rings. The molecule has 72 valence electrons. The van der Waals surface area contributed by atoms with Crippen molar-refractivity contribution in [2.75, 3.05) is 0 Å². The van der Waals surface area contributed by atoms with E-state index in [-0.39, 0.29) is 0 Å². The summed E-state index contributed by atoms with van der Waals surface area (Å²) >= 11 is 3.59. The Morgan fingerprint density at radius 1 is 0.929 bits per heavy atom. The van der Waals surface area contributed by atoms with Gasteiger partial charge in [0.05, 0.1) is 0 Å². The molecule has 14 heavy (non-hydrogen) atoms. The predicted molar refractivity (Wildman–Crippen MR) is 65.9 cm³/mol. The molecule has 0 saturated heterocycles. The minimum absolute atomic E-state index is 1.18. The smallest absolute Gasteiger partial charge is 0.0253 e. The summed E-state index contributed by atoms with van der Waals surface area (Å²) in [6.45, 7) is 6.54. The third-order valence-corrected chi connectivity index (χ3v) is 3.66. The van der Waals surface area contributed by atoms with E-state index in [9.17, 15) is 0 Å². The summed E-state index contributed by atoms with van der Waals surface area (Å²) in [6, 6.07) is 8.62. The zero-order valence-corrected chi connectivity index (χ0v) is 10.3. The first kappa shape index (κ1) is 9.72. The number of halogens is 1. The Kier molecular flexibility index (Phi) is 2.36. The van der Waals surface area contributed by atoms with Gasteiger partial charge in [-0.3, -0.25) is 0 Å². The molecule has 0 aliphatic carbocycles. The fourth-order valence-corrected chi connectivity index (χ4v) is 2.31. The number of hydrogen-bond acceptors (Lipinski definition) is 0. The van der Waals surface area contributed by atoms with Gasteiger partial charge < -0.3 is 0 Å². The van der Waals surface area contributed by atoms with Crippen LogP contribution in [0.15, 0.2) is 28.7 Å². The zero-order chi connectivity index (χ0) is 10.3. The highest BCUT2D eigenvalue weighted by Gasteiger charge is 2.05. The van der Waals surface area contributed by atoms with Crippen molar-refractivity contribution in [1.29, 1.82) is 0 Å². The summed E-state index contributed by atoms with van der Waals surface area (Å²) in [4.78, 5) is 0. The van der Waals surface area contributed by atoms with E-state index in [1.54, 1.807) is 0 Å². The molecule has 2 aromatic carbocycles. The minimum Gasteiger partial charge on any atom is -0.0605 e. The normalized spacial score (nSPS) is 10.9. The highest BCUT2D eigenvalue weighted by molar-refractivity contribution is 9.10. The molecule has 0 radical (unpaired) electrons. The molecule has 0 saturated carbocycles. The summed E-state index contributed by atoms with van der Waals surface area (Å²) in [5.74, 6) is 0. The standard InChI is InChI=1S/C13H13Br/c1-8-7-12-11(10(3)9(8)2)5-4-6-13(12)14/h4-7H,1-3H3. The van der Waals surface area contributed by atoms with Gasteiger partial charge in [-0.2, -0.15) is 0 Å². The van der Waals surface area contributed by atoms with Crippen LogP contribution in [0.5, 0.6) is 0 Å². The second-order valence-electron chi connectivity index (χ2n) is 3.78. The molecule has 0 heterocycles. The van der Waals surface area contributed by atoms with Crippen LogP contribution in [0.4, 0.5) is 0 Å². The summed E-state index contributed by atoms with van der Waals surface area (Å²) in [6.07, 6.45) is 0. The number of fused-ring (bicyclic) bond motifs is 1. The lowest BCUT2D eigenvalue weighted by atomic mass is 9.97. The monoisotopic (exact) mass is 248 g/mol. The molecule has 0 fully saturated rings. The van der Waals surface area contributed by atoms with Crippen molar-refractivity contribution in [3.8, 4) is 0 Å². The molecular weight excluding hydrogens is 236 g/mol. The van der Waals surface area contributed by atoms with E-state index in [0.717, 1.165) is 0 Å². The Morgan fingerprint density at radius 3 is 2.36 bits per heavy atom. The second kappa shape index (κ2) is 3.39. The summed E-state index contributed by atoms with van der Waals surface area (Å²) in [7, 11) is 0. The van der Waals surface area contributed by atoms with Crippen LogP contribution < -0.4 is 0 Å². The lowest BCUT2D eigenvalue weighted by Gasteiger charge is -2.10.